The normalized spacial score (nSPS) is 12.6. The van der Waals surface area contributed by atoms with E-state index in [0.717, 1.165) is 53.4 Å². The molecule has 11 heteroatoms. The van der Waals surface area contributed by atoms with Crippen LogP contribution in [-0.4, -0.2) is 24.5 Å². The Morgan fingerprint density at radius 1 is 1.03 bits per heavy atom. The molecule has 0 radical (unpaired) electrons. The molecular formula is C18H12F6N2O2S. The van der Waals surface area contributed by atoms with Crippen LogP contribution < -0.4 is 0 Å². The second kappa shape index (κ2) is 7.21. The van der Waals surface area contributed by atoms with E-state index in [1.54, 1.807) is 0 Å². The Morgan fingerprint density at radius 2 is 1.72 bits per heavy atom. The molecule has 0 unspecified atom stereocenters. The maximum absolute atomic E-state index is 14.2. The summed E-state index contributed by atoms with van der Waals surface area (Å²) in [6.07, 6.45) is -6.89. The fourth-order valence-corrected chi connectivity index (χ4v) is 3.41. The molecule has 0 spiro atoms. The zero-order valence-corrected chi connectivity index (χ0v) is 15.4. The number of aromatic nitrogens is 2. The Bertz CT molecular complexity index is 1170. The first-order chi connectivity index (χ1) is 13.4. The van der Waals surface area contributed by atoms with Crippen LogP contribution in [-0.2, 0) is 16.0 Å². The van der Waals surface area contributed by atoms with Crippen molar-refractivity contribution >= 4 is 9.84 Å². The van der Waals surface area contributed by atoms with Gasteiger partial charge in [-0.3, -0.25) is 0 Å². The topological polar surface area (TPSA) is 52.0 Å². The second-order valence-corrected chi connectivity index (χ2v) is 8.12. The van der Waals surface area contributed by atoms with E-state index in [4.69, 9.17) is 0 Å². The van der Waals surface area contributed by atoms with E-state index in [9.17, 15) is 34.8 Å². The van der Waals surface area contributed by atoms with Crippen molar-refractivity contribution in [2.24, 2.45) is 0 Å². The maximum atomic E-state index is 14.2. The molecule has 0 atom stereocenters. The minimum atomic E-state index is -4.66. The van der Waals surface area contributed by atoms with Gasteiger partial charge in [-0.1, -0.05) is 12.1 Å². The highest BCUT2D eigenvalue weighted by atomic mass is 32.2. The number of hydrogen-bond acceptors (Lipinski definition) is 3. The predicted octanol–water partition coefficient (Wildman–Crippen LogP) is 5.04. The molecule has 3 aromatic rings. The molecule has 1 aromatic heterocycles. The summed E-state index contributed by atoms with van der Waals surface area (Å²) in [5.41, 5.74) is -2.08. The van der Waals surface area contributed by atoms with Gasteiger partial charge in [0, 0.05) is 17.9 Å². The largest absolute Gasteiger partial charge is 0.416 e. The van der Waals surface area contributed by atoms with E-state index >= 15 is 0 Å². The van der Waals surface area contributed by atoms with E-state index in [1.807, 2.05) is 0 Å². The second-order valence-electron chi connectivity index (χ2n) is 6.13. The van der Waals surface area contributed by atoms with Crippen molar-refractivity contribution in [1.29, 1.82) is 0 Å². The fraction of sp³-hybridized carbons (Fsp3) is 0.167. The van der Waals surface area contributed by atoms with Gasteiger partial charge in [0.15, 0.2) is 9.84 Å². The molecule has 0 aliphatic heterocycles. The third-order valence-electron chi connectivity index (χ3n) is 4.00. The van der Waals surface area contributed by atoms with Gasteiger partial charge in [-0.25, -0.2) is 26.3 Å². The number of hydrogen-bond donors (Lipinski definition) is 0. The van der Waals surface area contributed by atoms with Crippen LogP contribution in [0.3, 0.4) is 0 Å². The van der Waals surface area contributed by atoms with Gasteiger partial charge in [0.25, 0.3) is 6.43 Å². The Kier molecular flexibility index (Phi) is 5.20. The number of rotatable bonds is 4. The lowest BCUT2D eigenvalue weighted by atomic mass is 10.1. The first kappa shape index (κ1) is 20.9. The lowest BCUT2D eigenvalue weighted by molar-refractivity contribution is -0.137. The molecule has 0 amide bonds. The monoisotopic (exact) mass is 434 g/mol. The van der Waals surface area contributed by atoms with Crippen LogP contribution in [0.5, 0.6) is 0 Å². The Balaban J connectivity index is 2.20. The summed E-state index contributed by atoms with van der Waals surface area (Å²) in [4.78, 5) is -0.608. The summed E-state index contributed by atoms with van der Waals surface area (Å²) in [6, 6.07) is 7.64. The van der Waals surface area contributed by atoms with Gasteiger partial charge in [0.05, 0.1) is 16.9 Å². The van der Waals surface area contributed by atoms with E-state index in [0.29, 0.717) is 0 Å². The van der Waals surface area contributed by atoms with E-state index in [2.05, 4.69) is 5.10 Å². The zero-order chi connectivity index (χ0) is 21.6. The Hall–Kier alpha value is -2.82. The van der Waals surface area contributed by atoms with Crippen LogP contribution in [0.15, 0.2) is 53.4 Å². The molecule has 0 bridgehead atoms. The van der Waals surface area contributed by atoms with Gasteiger partial charge in [-0.2, -0.15) is 18.3 Å². The minimum absolute atomic E-state index is 0.0770. The average molecular weight is 434 g/mol. The lowest BCUT2D eigenvalue weighted by Crippen LogP contribution is -2.06. The fourth-order valence-electron chi connectivity index (χ4n) is 2.69. The van der Waals surface area contributed by atoms with Crippen LogP contribution >= 0.6 is 0 Å². The van der Waals surface area contributed by atoms with Crippen molar-refractivity contribution in [3.63, 3.8) is 0 Å². The molecule has 0 aliphatic carbocycles. The predicted molar refractivity (Wildman–Crippen MR) is 92.0 cm³/mol. The molecular weight excluding hydrogens is 422 g/mol. The number of alkyl halides is 5. The summed E-state index contributed by atoms with van der Waals surface area (Å²) in [5.74, 6) is -1.14. The highest BCUT2D eigenvalue weighted by Crippen LogP contribution is 2.34. The first-order valence-electron chi connectivity index (χ1n) is 7.93. The SMILES string of the molecule is CS(=O)(=O)c1ccc(-n2nc(C(F)F)cc2-c2cccc(C(F)(F)F)c2)cc1F. The summed E-state index contributed by atoms with van der Waals surface area (Å²) in [6.45, 7) is 0. The number of halogens is 6. The van der Waals surface area contributed by atoms with Crippen LogP contribution in [0.2, 0.25) is 0 Å². The van der Waals surface area contributed by atoms with Crippen molar-refractivity contribution in [3.05, 3.63) is 65.6 Å². The van der Waals surface area contributed by atoms with E-state index in [1.165, 1.54) is 6.07 Å². The average Bonchev–Trinajstić information content (AvgIpc) is 3.05. The Morgan fingerprint density at radius 3 is 2.28 bits per heavy atom. The van der Waals surface area contributed by atoms with Crippen LogP contribution in [0, 0.1) is 5.82 Å². The number of sulfone groups is 1. The van der Waals surface area contributed by atoms with Crippen molar-refractivity contribution in [1.82, 2.24) is 9.78 Å². The van der Waals surface area contributed by atoms with E-state index < -0.39 is 44.4 Å². The van der Waals surface area contributed by atoms with Crippen LogP contribution in [0.25, 0.3) is 16.9 Å². The smallest absolute Gasteiger partial charge is 0.233 e. The highest BCUT2D eigenvalue weighted by molar-refractivity contribution is 7.90. The third-order valence-corrected chi connectivity index (χ3v) is 5.13. The summed E-state index contributed by atoms with van der Waals surface area (Å²) < 4.78 is 103. The Labute approximate surface area is 161 Å². The van der Waals surface area contributed by atoms with E-state index in [-0.39, 0.29) is 16.9 Å². The molecule has 4 nitrogen and oxygen atoms in total. The van der Waals surface area contributed by atoms with Crippen molar-refractivity contribution < 1.29 is 34.8 Å². The summed E-state index contributed by atoms with van der Waals surface area (Å²) in [5, 5.41) is 3.65. The molecule has 1 heterocycles. The molecule has 0 saturated heterocycles. The van der Waals surface area contributed by atoms with Crippen LogP contribution in [0.4, 0.5) is 26.3 Å². The molecule has 3 rings (SSSR count). The standard InChI is InChI=1S/C18H12F6N2O2S/c1-29(27,28)16-6-5-12(8-13(16)19)26-15(9-14(25-26)17(20)21)10-3-2-4-11(7-10)18(22,23)24/h2-9,17H,1H3. The van der Waals surface area contributed by atoms with Crippen molar-refractivity contribution in [2.75, 3.05) is 6.26 Å². The van der Waals surface area contributed by atoms with Gasteiger partial charge in [0.2, 0.25) is 0 Å². The minimum Gasteiger partial charge on any atom is -0.233 e. The lowest BCUT2D eigenvalue weighted by Gasteiger charge is -2.11. The van der Waals surface area contributed by atoms with Crippen LogP contribution in [0.1, 0.15) is 17.7 Å². The molecule has 0 fully saturated rings. The zero-order valence-electron chi connectivity index (χ0n) is 14.6. The van der Waals surface area contributed by atoms with Gasteiger partial charge in [-0.15, -0.1) is 0 Å². The van der Waals surface area contributed by atoms with Gasteiger partial charge < -0.3 is 0 Å². The van der Waals surface area contributed by atoms with Gasteiger partial charge in [-0.05, 0) is 30.3 Å². The number of nitrogens with zero attached hydrogens (tertiary/aromatic N) is 2. The first-order valence-corrected chi connectivity index (χ1v) is 9.83. The molecule has 0 saturated carbocycles. The number of benzene rings is 2. The van der Waals surface area contributed by atoms with Crippen molar-refractivity contribution in [3.8, 4) is 16.9 Å². The third kappa shape index (κ3) is 4.29. The molecule has 2 aromatic carbocycles. The molecule has 0 N–H and O–H groups in total. The molecule has 0 aliphatic rings. The summed E-state index contributed by atoms with van der Waals surface area (Å²) >= 11 is 0. The van der Waals surface area contributed by atoms with Gasteiger partial charge >= 0.3 is 6.18 Å². The maximum Gasteiger partial charge on any atom is 0.416 e. The highest BCUT2D eigenvalue weighted by Gasteiger charge is 2.31. The van der Waals surface area contributed by atoms with Crippen molar-refractivity contribution in [2.45, 2.75) is 17.5 Å². The quantitative estimate of drug-likeness (QED) is 0.541. The summed E-state index contributed by atoms with van der Waals surface area (Å²) in [7, 11) is -3.87. The van der Waals surface area contributed by atoms with Gasteiger partial charge in [0.1, 0.15) is 16.4 Å². The molecule has 29 heavy (non-hydrogen) atoms. The molecule has 154 valence electrons.